The van der Waals surface area contributed by atoms with Crippen LogP contribution in [0.15, 0.2) is 0 Å². The van der Waals surface area contributed by atoms with Gasteiger partial charge in [0.05, 0.1) is 0 Å². The first kappa shape index (κ1) is 17.7. The fourth-order valence-electron chi connectivity index (χ4n) is 1.75. The zero-order chi connectivity index (χ0) is 14.8. The third kappa shape index (κ3) is 7.03. The number of unbranched alkanes of at least 4 members (excludes halogenated alkanes) is 2. The van der Waals surface area contributed by atoms with E-state index in [1.807, 2.05) is 0 Å². The summed E-state index contributed by atoms with van der Waals surface area (Å²) < 4.78 is 0. The van der Waals surface area contributed by atoms with Crippen molar-refractivity contribution in [2.75, 3.05) is 13.1 Å². The van der Waals surface area contributed by atoms with Gasteiger partial charge in [-0.05, 0) is 18.8 Å². The second-order valence-corrected chi connectivity index (χ2v) is 5.20. The van der Waals surface area contributed by atoms with E-state index in [0.29, 0.717) is 13.1 Å². The molecule has 0 rings (SSSR count). The molecule has 0 heterocycles. The SMILES string of the molecule is CCCCN(CCCC)C(=O)N[C@@H](C(=O)O)C(C)C. The molecule has 0 aromatic carbocycles. The predicted octanol–water partition coefficient (Wildman–Crippen LogP) is 2.71. The first-order chi connectivity index (χ1) is 8.93. The van der Waals surface area contributed by atoms with Gasteiger partial charge in [-0.1, -0.05) is 40.5 Å². The fourth-order valence-corrected chi connectivity index (χ4v) is 1.75. The Balaban J connectivity index is 4.54. The molecular weight excluding hydrogens is 244 g/mol. The number of carboxylic acids is 1. The summed E-state index contributed by atoms with van der Waals surface area (Å²) in [5.41, 5.74) is 0. The van der Waals surface area contributed by atoms with E-state index in [9.17, 15) is 9.59 Å². The minimum Gasteiger partial charge on any atom is -0.480 e. The molecular formula is C14H28N2O3. The molecule has 0 aliphatic carbocycles. The molecule has 0 saturated heterocycles. The molecule has 0 spiro atoms. The number of hydrogen-bond acceptors (Lipinski definition) is 2. The summed E-state index contributed by atoms with van der Waals surface area (Å²) >= 11 is 0. The normalized spacial score (nSPS) is 12.3. The van der Waals surface area contributed by atoms with Crippen LogP contribution in [0.3, 0.4) is 0 Å². The Morgan fingerprint density at radius 1 is 1.11 bits per heavy atom. The average molecular weight is 272 g/mol. The van der Waals surface area contributed by atoms with Crippen LogP contribution in [0.4, 0.5) is 4.79 Å². The molecule has 19 heavy (non-hydrogen) atoms. The van der Waals surface area contributed by atoms with Crippen LogP contribution >= 0.6 is 0 Å². The Kier molecular flexibility index (Phi) is 9.00. The Labute approximate surface area is 116 Å². The van der Waals surface area contributed by atoms with E-state index in [0.717, 1.165) is 25.7 Å². The van der Waals surface area contributed by atoms with Crippen molar-refractivity contribution < 1.29 is 14.7 Å². The van der Waals surface area contributed by atoms with Crippen LogP contribution in [0, 0.1) is 5.92 Å². The lowest BCUT2D eigenvalue weighted by Gasteiger charge is -2.26. The summed E-state index contributed by atoms with van der Waals surface area (Å²) in [5, 5.41) is 11.7. The van der Waals surface area contributed by atoms with Crippen LogP contribution in [-0.2, 0) is 4.79 Å². The first-order valence-electron chi connectivity index (χ1n) is 7.22. The number of aliphatic carboxylic acids is 1. The molecule has 0 saturated carbocycles. The number of amides is 2. The van der Waals surface area contributed by atoms with Crippen LogP contribution in [0.5, 0.6) is 0 Å². The van der Waals surface area contributed by atoms with Crippen LogP contribution in [0.2, 0.25) is 0 Å². The second-order valence-electron chi connectivity index (χ2n) is 5.20. The first-order valence-corrected chi connectivity index (χ1v) is 7.22. The highest BCUT2D eigenvalue weighted by atomic mass is 16.4. The van der Waals surface area contributed by atoms with Crippen molar-refractivity contribution in [2.24, 2.45) is 5.92 Å². The van der Waals surface area contributed by atoms with Crippen LogP contribution < -0.4 is 5.32 Å². The zero-order valence-electron chi connectivity index (χ0n) is 12.6. The molecule has 2 amide bonds. The summed E-state index contributed by atoms with van der Waals surface area (Å²) in [6.07, 6.45) is 3.91. The van der Waals surface area contributed by atoms with Crippen LogP contribution in [0.1, 0.15) is 53.4 Å². The smallest absolute Gasteiger partial charge is 0.326 e. The number of rotatable bonds is 9. The lowest BCUT2D eigenvalue weighted by molar-refractivity contribution is -0.140. The minimum atomic E-state index is -0.978. The maximum Gasteiger partial charge on any atom is 0.326 e. The zero-order valence-corrected chi connectivity index (χ0v) is 12.6. The van der Waals surface area contributed by atoms with Gasteiger partial charge in [-0.15, -0.1) is 0 Å². The van der Waals surface area contributed by atoms with Gasteiger partial charge in [-0.25, -0.2) is 9.59 Å². The number of nitrogens with one attached hydrogen (secondary N) is 1. The number of carbonyl (C=O) groups excluding carboxylic acids is 1. The monoisotopic (exact) mass is 272 g/mol. The molecule has 0 bridgehead atoms. The molecule has 5 nitrogen and oxygen atoms in total. The topological polar surface area (TPSA) is 69.6 Å². The third-order valence-corrected chi connectivity index (χ3v) is 3.06. The van der Waals surface area contributed by atoms with Gasteiger partial charge in [-0.2, -0.15) is 0 Å². The molecule has 0 unspecified atom stereocenters. The van der Waals surface area contributed by atoms with E-state index in [-0.39, 0.29) is 11.9 Å². The van der Waals surface area contributed by atoms with E-state index in [4.69, 9.17) is 5.11 Å². The molecule has 1 atom stereocenters. The maximum absolute atomic E-state index is 12.1. The van der Waals surface area contributed by atoms with Gasteiger partial charge in [0.2, 0.25) is 0 Å². The van der Waals surface area contributed by atoms with Crippen molar-refractivity contribution in [3.05, 3.63) is 0 Å². The predicted molar refractivity (Wildman–Crippen MR) is 76.2 cm³/mol. The maximum atomic E-state index is 12.1. The number of urea groups is 1. The standard InChI is InChI=1S/C14H28N2O3/c1-5-7-9-16(10-8-6-2)14(19)15-12(11(3)4)13(17)18/h11-12H,5-10H2,1-4H3,(H,15,19)(H,17,18)/t12-/m1/s1. The largest absolute Gasteiger partial charge is 0.480 e. The lowest BCUT2D eigenvalue weighted by atomic mass is 10.1. The van der Waals surface area contributed by atoms with E-state index in [2.05, 4.69) is 19.2 Å². The molecule has 0 aromatic rings. The summed E-state index contributed by atoms with van der Waals surface area (Å²) in [7, 11) is 0. The van der Waals surface area contributed by atoms with Gasteiger partial charge in [0, 0.05) is 13.1 Å². The van der Waals surface area contributed by atoms with Crippen LogP contribution in [-0.4, -0.2) is 41.1 Å². The lowest BCUT2D eigenvalue weighted by Crippen LogP contribution is -2.50. The van der Waals surface area contributed by atoms with Crippen LogP contribution in [0.25, 0.3) is 0 Å². The van der Waals surface area contributed by atoms with Gasteiger partial charge in [0.1, 0.15) is 6.04 Å². The molecule has 0 aliphatic rings. The van der Waals surface area contributed by atoms with E-state index >= 15 is 0 Å². The quantitative estimate of drug-likeness (QED) is 0.678. The molecule has 112 valence electrons. The summed E-state index contributed by atoms with van der Waals surface area (Å²) in [6, 6.07) is -1.08. The van der Waals surface area contributed by atoms with Crippen molar-refractivity contribution in [2.45, 2.75) is 59.4 Å². The molecule has 0 radical (unpaired) electrons. The second kappa shape index (κ2) is 9.64. The van der Waals surface area contributed by atoms with Crippen molar-refractivity contribution in [3.8, 4) is 0 Å². The Morgan fingerprint density at radius 2 is 1.58 bits per heavy atom. The average Bonchev–Trinajstić information content (AvgIpc) is 2.35. The summed E-state index contributed by atoms with van der Waals surface area (Å²) in [5.74, 6) is -1.10. The van der Waals surface area contributed by atoms with E-state index in [1.165, 1.54) is 0 Å². The van der Waals surface area contributed by atoms with Crippen molar-refractivity contribution in [3.63, 3.8) is 0 Å². The van der Waals surface area contributed by atoms with Gasteiger partial charge < -0.3 is 15.3 Å². The summed E-state index contributed by atoms with van der Waals surface area (Å²) in [4.78, 5) is 24.9. The molecule has 2 N–H and O–H groups in total. The molecule has 5 heteroatoms. The van der Waals surface area contributed by atoms with Crippen molar-refractivity contribution in [1.29, 1.82) is 0 Å². The van der Waals surface area contributed by atoms with E-state index in [1.54, 1.807) is 18.7 Å². The Hall–Kier alpha value is -1.26. The van der Waals surface area contributed by atoms with Gasteiger partial charge in [0.15, 0.2) is 0 Å². The van der Waals surface area contributed by atoms with Crippen molar-refractivity contribution >= 4 is 12.0 Å². The number of carboxylic acid groups (broad SMARTS) is 1. The number of nitrogens with zero attached hydrogens (tertiary/aromatic N) is 1. The summed E-state index contributed by atoms with van der Waals surface area (Å²) in [6.45, 7) is 9.11. The van der Waals surface area contributed by atoms with Gasteiger partial charge in [0.25, 0.3) is 0 Å². The number of hydrogen-bond donors (Lipinski definition) is 2. The fraction of sp³-hybridized carbons (Fsp3) is 0.857. The highest BCUT2D eigenvalue weighted by Gasteiger charge is 2.25. The Bertz CT molecular complexity index is 272. The molecule has 0 aliphatic heterocycles. The third-order valence-electron chi connectivity index (χ3n) is 3.06. The van der Waals surface area contributed by atoms with E-state index < -0.39 is 12.0 Å². The highest BCUT2D eigenvalue weighted by Crippen LogP contribution is 2.05. The molecule has 0 fully saturated rings. The minimum absolute atomic E-state index is 0.124. The van der Waals surface area contributed by atoms with Gasteiger partial charge in [-0.3, -0.25) is 0 Å². The number of carbonyl (C=O) groups is 2. The highest BCUT2D eigenvalue weighted by molar-refractivity contribution is 5.82. The van der Waals surface area contributed by atoms with Crippen molar-refractivity contribution in [1.82, 2.24) is 10.2 Å². The Morgan fingerprint density at radius 3 is 1.89 bits per heavy atom. The van der Waals surface area contributed by atoms with Gasteiger partial charge >= 0.3 is 12.0 Å². The molecule has 0 aromatic heterocycles.